The predicted molar refractivity (Wildman–Crippen MR) is 41.6 cm³/mol. The molecule has 0 saturated carbocycles. The Morgan fingerprint density at radius 1 is 1.22 bits per heavy atom. The standard InChI is InChI=1S/C5H10O2.2ClH/c1-5(2,3)4(6)7;;/h1-3H3,(H,6,7);2*1H. The molecule has 0 spiro atoms. The second-order valence-corrected chi connectivity index (χ2v) is 2.56. The highest BCUT2D eigenvalue weighted by Crippen LogP contribution is 2.11. The van der Waals surface area contributed by atoms with E-state index >= 15 is 0 Å². The van der Waals surface area contributed by atoms with E-state index in [9.17, 15) is 4.79 Å². The molecule has 0 radical (unpaired) electrons. The van der Waals surface area contributed by atoms with E-state index in [4.69, 9.17) is 5.11 Å². The average molecular weight is 175 g/mol. The van der Waals surface area contributed by atoms with Gasteiger partial charge in [-0.15, -0.1) is 24.8 Å². The number of carboxylic acid groups (broad SMARTS) is 1. The molecule has 0 aliphatic carbocycles. The van der Waals surface area contributed by atoms with Gasteiger partial charge in [-0.3, -0.25) is 4.79 Å². The van der Waals surface area contributed by atoms with Crippen molar-refractivity contribution in [2.75, 3.05) is 0 Å². The third-order valence-corrected chi connectivity index (χ3v) is 0.642. The Morgan fingerprint density at radius 2 is 1.33 bits per heavy atom. The topological polar surface area (TPSA) is 37.3 Å². The molecule has 4 heteroatoms. The van der Waals surface area contributed by atoms with E-state index < -0.39 is 11.4 Å². The maximum absolute atomic E-state index is 10.0. The number of hydrogen-bond donors (Lipinski definition) is 1. The third-order valence-electron chi connectivity index (χ3n) is 0.642. The van der Waals surface area contributed by atoms with E-state index in [-0.39, 0.29) is 24.8 Å². The van der Waals surface area contributed by atoms with Crippen LogP contribution >= 0.6 is 24.8 Å². The molecule has 0 aliphatic heterocycles. The summed E-state index contributed by atoms with van der Waals surface area (Å²) >= 11 is 0. The van der Waals surface area contributed by atoms with E-state index in [0.717, 1.165) is 0 Å². The molecule has 0 unspecified atom stereocenters. The van der Waals surface area contributed by atoms with Crippen molar-refractivity contribution in [3.8, 4) is 0 Å². The molecule has 0 aliphatic rings. The number of rotatable bonds is 0. The quantitative estimate of drug-likeness (QED) is 0.610. The summed E-state index contributed by atoms with van der Waals surface area (Å²) in [5.41, 5.74) is -0.583. The largest absolute Gasteiger partial charge is 0.481 e. The van der Waals surface area contributed by atoms with Crippen LogP contribution in [0.2, 0.25) is 0 Å². The Hall–Kier alpha value is 0.0500. The molecule has 9 heavy (non-hydrogen) atoms. The van der Waals surface area contributed by atoms with Crippen LogP contribution < -0.4 is 0 Å². The summed E-state index contributed by atoms with van der Waals surface area (Å²) in [6, 6.07) is 0. The lowest BCUT2D eigenvalue weighted by Gasteiger charge is -2.08. The Morgan fingerprint density at radius 3 is 1.33 bits per heavy atom. The van der Waals surface area contributed by atoms with Gasteiger partial charge in [0, 0.05) is 0 Å². The monoisotopic (exact) mass is 174 g/mol. The van der Waals surface area contributed by atoms with Crippen LogP contribution in [-0.2, 0) is 4.79 Å². The molecule has 0 amide bonds. The fraction of sp³-hybridized carbons (Fsp3) is 0.800. The summed E-state index contributed by atoms with van der Waals surface area (Å²) in [6.07, 6.45) is 0. The average Bonchev–Trinajstić information content (AvgIpc) is 1.31. The van der Waals surface area contributed by atoms with Crippen LogP contribution in [0.4, 0.5) is 0 Å². The van der Waals surface area contributed by atoms with Gasteiger partial charge in [0.15, 0.2) is 0 Å². The summed E-state index contributed by atoms with van der Waals surface area (Å²) < 4.78 is 0. The molecule has 0 heterocycles. The minimum atomic E-state index is -0.757. The van der Waals surface area contributed by atoms with Crippen molar-refractivity contribution in [1.82, 2.24) is 0 Å². The molecule has 0 saturated heterocycles. The number of aliphatic carboxylic acids is 1. The highest BCUT2D eigenvalue weighted by atomic mass is 35.5. The van der Waals surface area contributed by atoms with Gasteiger partial charge in [-0.2, -0.15) is 0 Å². The molecule has 1 N–H and O–H groups in total. The third kappa shape index (κ3) is 8.05. The Kier molecular flexibility index (Phi) is 8.70. The maximum atomic E-state index is 10.0. The van der Waals surface area contributed by atoms with Crippen LogP contribution in [0.5, 0.6) is 0 Å². The van der Waals surface area contributed by atoms with E-state index in [1.807, 2.05) is 0 Å². The molecule has 0 fully saturated rings. The van der Waals surface area contributed by atoms with Crippen molar-refractivity contribution in [2.24, 2.45) is 5.41 Å². The number of carboxylic acids is 1. The zero-order chi connectivity index (χ0) is 6.08. The zero-order valence-electron chi connectivity index (χ0n) is 5.67. The first-order valence-corrected chi connectivity index (χ1v) is 2.18. The van der Waals surface area contributed by atoms with Crippen LogP contribution in [0.15, 0.2) is 0 Å². The van der Waals surface area contributed by atoms with Gasteiger partial charge >= 0.3 is 5.97 Å². The molecule has 0 aromatic carbocycles. The minimum absolute atomic E-state index is 0. The molecular formula is C5H12Cl2O2. The van der Waals surface area contributed by atoms with Gasteiger partial charge in [-0.05, 0) is 20.8 Å². The predicted octanol–water partition coefficient (Wildman–Crippen LogP) is 1.96. The second kappa shape index (κ2) is 4.89. The van der Waals surface area contributed by atoms with Crippen LogP contribution in [-0.4, -0.2) is 11.1 Å². The number of halogens is 2. The van der Waals surface area contributed by atoms with Crippen molar-refractivity contribution < 1.29 is 9.90 Å². The van der Waals surface area contributed by atoms with E-state index in [2.05, 4.69) is 0 Å². The van der Waals surface area contributed by atoms with Crippen LogP contribution in [0.3, 0.4) is 0 Å². The first kappa shape index (κ1) is 16.0. The summed E-state index contributed by atoms with van der Waals surface area (Å²) in [5, 5.41) is 8.25. The van der Waals surface area contributed by atoms with Crippen molar-refractivity contribution in [1.29, 1.82) is 0 Å². The summed E-state index contributed by atoms with van der Waals surface area (Å²) in [5.74, 6) is -0.757. The van der Waals surface area contributed by atoms with Crippen molar-refractivity contribution in [2.45, 2.75) is 20.8 Å². The van der Waals surface area contributed by atoms with E-state index in [1.165, 1.54) is 0 Å². The van der Waals surface area contributed by atoms with Crippen molar-refractivity contribution in [3.05, 3.63) is 0 Å². The van der Waals surface area contributed by atoms with Gasteiger partial charge < -0.3 is 5.11 Å². The highest BCUT2D eigenvalue weighted by molar-refractivity contribution is 5.85. The summed E-state index contributed by atoms with van der Waals surface area (Å²) in [4.78, 5) is 10.0. The normalized spacial score (nSPS) is 8.78. The van der Waals surface area contributed by atoms with Crippen LogP contribution in [0.25, 0.3) is 0 Å². The Balaban J connectivity index is -0.000000180. The van der Waals surface area contributed by atoms with Gasteiger partial charge in [0.05, 0.1) is 5.41 Å². The summed E-state index contributed by atoms with van der Waals surface area (Å²) in [7, 11) is 0. The highest BCUT2D eigenvalue weighted by Gasteiger charge is 2.18. The second-order valence-electron chi connectivity index (χ2n) is 2.56. The molecule has 0 rings (SSSR count). The number of hydrogen-bond acceptors (Lipinski definition) is 1. The van der Waals surface area contributed by atoms with Gasteiger partial charge in [0.1, 0.15) is 0 Å². The first-order chi connectivity index (χ1) is 2.94. The lowest BCUT2D eigenvalue weighted by Crippen LogP contribution is -2.18. The molecule has 0 aromatic heterocycles. The fourth-order valence-electron chi connectivity index (χ4n) is 0. The molecule has 0 aromatic rings. The number of carbonyl (C=O) groups is 1. The lowest BCUT2D eigenvalue weighted by atomic mass is 9.98. The van der Waals surface area contributed by atoms with Gasteiger partial charge in [-0.1, -0.05) is 0 Å². The maximum Gasteiger partial charge on any atom is 0.308 e. The van der Waals surface area contributed by atoms with Gasteiger partial charge in [0.25, 0.3) is 0 Å². The molecule has 0 atom stereocenters. The van der Waals surface area contributed by atoms with Crippen molar-refractivity contribution >= 4 is 30.8 Å². The van der Waals surface area contributed by atoms with Crippen LogP contribution in [0, 0.1) is 5.41 Å². The van der Waals surface area contributed by atoms with Gasteiger partial charge in [-0.25, -0.2) is 0 Å². The van der Waals surface area contributed by atoms with E-state index in [0.29, 0.717) is 0 Å². The van der Waals surface area contributed by atoms with Crippen molar-refractivity contribution in [3.63, 3.8) is 0 Å². The Labute approximate surface area is 67.5 Å². The molecule has 0 bridgehead atoms. The molecule has 58 valence electrons. The SMILES string of the molecule is CC(C)(C)C(=O)O.Cl.Cl. The fourth-order valence-corrected chi connectivity index (χ4v) is 0. The molecule has 2 nitrogen and oxygen atoms in total. The zero-order valence-corrected chi connectivity index (χ0v) is 7.30. The summed E-state index contributed by atoms with van der Waals surface area (Å²) in [6.45, 7) is 4.99. The van der Waals surface area contributed by atoms with Crippen LogP contribution in [0.1, 0.15) is 20.8 Å². The Bertz CT molecular complexity index is 85.4. The smallest absolute Gasteiger partial charge is 0.308 e. The molecular weight excluding hydrogens is 163 g/mol. The minimum Gasteiger partial charge on any atom is -0.481 e. The lowest BCUT2D eigenvalue weighted by molar-refractivity contribution is -0.145. The van der Waals surface area contributed by atoms with Gasteiger partial charge in [0.2, 0.25) is 0 Å². The first-order valence-electron chi connectivity index (χ1n) is 2.18. The van der Waals surface area contributed by atoms with E-state index in [1.54, 1.807) is 20.8 Å².